The first-order valence-electron chi connectivity index (χ1n) is 8.40. The van der Waals surface area contributed by atoms with Crippen molar-refractivity contribution in [3.63, 3.8) is 0 Å². The van der Waals surface area contributed by atoms with Gasteiger partial charge in [0.1, 0.15) is 23.1 Å². The number of anilines is 2. The van der Waals surface area contributed by atoms with Crippen molar-refractivity contribution in [3.8, 4) is 5.75 Å². The second-order valence-electron chi connectivity index (χ2n) is 5.78. The van der Waals surface area contributed by atoms with Crippen LogP contribution in [0, 0.1) is 5.82 Å². The predicted molar refractivity (Wildman–Crippen MR) is 102 cm³/mol. The van der Waals surface area contributed by atoms with E-state index in [0.717, 1.165) is 17.7 Å². The van der Waals surface area contributed by atoms with Crippen molar-refractivity contribution < 1.29 is 13.9 Å². The summed E-state index contributed by atoms with van der Waals surface area (Å²) in [5, 5.41) is 5.74. The molecule has 1 amide bonds. The van der Waals surface area contributed by atoms with Crippen molar-refractivity contribution >= 4 is 17.4 Å². The summed E-state index contributed by atoms with van der Waals surface area (Å²) < 4.78 is 18.4. The fourth-order valence-electron chi connectivity index (χ4n) is 2.46. The first-order chi connectivity index (χ1) is 13.1. The number of nitrogens with zero attached hydrogens (tertiary/aromatic N) is 2. The number of carbonyl (C=O) groups is 1. The average Bonchev–Trinajstić information content (AvgIpc) is 2.69. The van der Waals surface area contributed by atoms with E-state index in [4.69, 9.17) is 4.74 Å². The molecule has 3 aromatic rings. The van der Waals surface area contributed by atoms with Gasteiger partial charge in [0.2, 0.25) is 0 Å². The fraction of sp³-hybridized carbons (Fsp3) is 0.150. The third-order valence-corrected chi connectivity index (χ3v) is 3.82. The van der Waals surface area contributed by atoms with E-state index in [2.05, 4.69) is 20.6 Å². The van der Waals surface area contributed by atoms with Crippen LogP contribution in [0.25, 0.3) is 0 Å². The zero-order valence-corrected chi connectivity index (χ0v) is 14.8. The Morgan fingerprint density at radius 1 is 1.11 bits per heavy atom. The number of rotatable bonds is 7. The third-order valence-electron chi connectivity index (χ3n) is 3.82. The Morgan fingerprint density at radius 3 is 2.70 bits per heavy atom. The highest BCUT2D eigenvalue weighted by atomic mass is 19.1. The molecule has 0 atom stereocenters. The summed E-state index contributed by atoms with van der Waals surface area (Å²) in [5.74, 6) is 0.520. The second-order valence-corrected chi connectivity index (χ2v) is 5.78. The van der Waals surface area contributed by atoms with E-state index in [-0.39, 0.29) is 5.69 Å². The molecule has 0 aliphatic rings. The Kier molecular flexibility index (Phi) is 5.94. The Bertz CT molecular complexity index is 916. The van der Waals surface area contributed by atoms with E-state index in [9.17, 15) is 9.18 Å². The zero-order valence-electron chi connectivity index (χ0n) is 14.8. The minimum absolute atomic E-state index is 0.151. The molecule has 7 heteroatoms. The van der Waals surface area contributed by atoms with E-state index >= 15 is 0 Å². The second kappa shape index (κ2) is 8.75. The molecule has 27 heavy (non-hydrogen) atoms. The van der Waals surface area contributed by atoms with Crippen LogP contribution in [0.1, 0.15) is 16.1 Å². The zero-order chi connectivity index (χ0) is 19.1. The van der Waals surface area contributed by atoms with Gasteiger partial charge in [-0.3, -0.25) is 4.79 Å². The molecule has 0 saturated carbocycles. The summed E-state index contributed by atoms with van der Waals surface area (Å²) in [4.78, 5) is 20.4. The molecule has 0 aliphatic heterocycles. The van der Waals surface area contributed by atoms with Crippen LogP contribution in [-0.2, 0) is 6.42 Å². The number of halogens is 1. The van der Waals surface area contributed by atoms with Gasteiger partial charge in [-0.25, -0.2) is 14.4 Å². The molecule has 0 unspecified atom stereocenters. The number of ether oxygens (including phenoxy) is 1. The number of hydrogen-bond donors (Lipinski definition) is 2. The molecule has 0 bridgehead atoms. The lowest BCUT2D eigenvalue weighted by atomic mass is 10.1. The summed E-state index contributed by atoms with van der Waals surface area (Å²) in [7, 11) is 1.64. The topological polar surface area (TPSA) is 76.1 Å². The summed E-state index contributed by atoms with van der Waals surface area (Å²) in [6.45, 7) is 0.663. The minimum Gasteiger partial charge on any atom is -0.497 e. The van der Waals surface area contributed by atoms with E-state index in [1.54, 1.807) is 13.2 Å². The van der Waals surface area contributed by atoms with Gasteiger partial charge in [-0.15, -0.1) is 0 Å². The summed E-state index contributed by atoms with van der Waals surface area (Å²) >= 11 is 0. The number of hydrogen-bond acceptors (Lipinski definition) is 5. The van der Waals surface area contributed by atoms with Crippen molar-refractivity contribution in [2.45, 2.75) is 6.42 Å². The van der Waals surface area contributed by atoms with E-state index < -0.39 is 11.7 Å². The maximum Gasteiger partial charge on any atom is 0.275 e. The average molecular weight is 366 g/mol. The maximum atomic E-state index is 13.2. The van der Waals surface area contributed by atoms with Crippen LogP contribution in [0.5, 0.6) is 5.75 Å². The van der Waals surface area contributed by atoms with Crippen LogP contribution in [0.3, 0.4) is 0 Å². The lowest BCUT2D eigenvalue weighted by Crippen LogP contribution is -2.15. The quantitative estimate of drug-likeness (QED) is 0.669. The maximum absolute atomic E-state index is 13.2. The molecule has 0 radical (unpaired) electrons. The molecule has 2 N–H and O–H groups in total. The van der Waals surface area contributed by atoms with E-state index in [0.29, 0.717) is 18.1 Å². The first kappa shape index (κ1) is 18.3. The molecular weight excluding hydrogens is 347 g/mol. The molecule has 0 saturated heterocycles. The largest absolute Gasteiger partial charge is 0.497 e. The molecule has 1 aromatic heterocycles. The van der Waals surface area contributed by atoms with Gasteiger partial charge in [-0.2, -0.15) is 0 Å². The molecule has 138 valence electrons. The van der Waals surface area contributed by atoms with Gasteiger partial charge in [0.15, 0.2) is 0 Å². The molecular formula is C20H19FN4O2. The molecule has 0 fully saturated rings. The van der Waals surface area contributed by atoms with Crippen LogP contribution in [0.15, 0.2) is 60.9 Å². The Balaban J connectivity index is 1.53. The summed E-state index contributed by atoms with van der Waals surface area (Å²) in [5.41, 5.74) is 1.65. The highest BCUT2D eigenvalue weighted by Crippen LogP contribution is 2.13. The first-order valence-corrected chi connectivity index (χ1v) is 8.40. The van der Waals surface area contributed by atoms with Crippen LogP contribution in [-0.4, -0.2) is 29.5 Å². The Morgan fingerprint density at radius 2 is 1.96 bits per heavy atom. The van der Waals surface area contributed by atoms with Gasteiger partial charge in [0.05, 0.1) is 19.5 Å². The van der Waals surface area contributed by atoms with Crippen molar-refractivity contribution in [3.05, 3.63) is 78.0 Å². The van der Waals surface area contributed by atoms with E-state index in [1.807, 2.05) is 24.3 Å². The van der Waals surface area contributed by atoms with Crippen molar-refractivity contribution in [2.24, 2.45) is 0 Å². The molecule has 0 spiro atoms. The van der Waals surface area contributed by atoms with Gasteiger partial charge in [-0.05, 0) is 42.3 Å². The summed E-state index contributed by atoms with van der Waals surface area (Å²) in [6.07, 6.45) is 3.66. The predicted octanol–water partition coefficient (Wildman–Crippen LogP) is 3.53. The third kappa shape index (κ3) is 5.24. The molecule has 3 rings (SSSR count). The minimum atomic E-state index is -0.448. The van der Waals surface area contributed by atoms with Crippen LogP contribution < -0.4 is 15.4 Å². The van der Waals surface area contributed by atoms with Crippen molar-refractivity contribution in [1.29, 1.82) is 0 Å². The van der Waals surface area contributed by atoms with Crippen LogP contribution in [0.4, 0.5) is 15.9 Å². The van der Waals surface area contributed by atoms with Crippen molar-refractivity contribution in [2.75, 3.05) is 24.3 Å². The SMILES string of the molecule is COc1cccc(CCNc2cnc(C(=O)Nc3cccc(F)c3)cn2)c1. The van der Waals surface area contributed by atoms with Gasteiger partial charge in [-0.1, -0.05) is 18.2 Å². The normalized spacial score (nSPS) is 10.3. The van der Waals surface area contributed by atoms with Gasteiger partial charge in [0, 0.05) is 12.2 Å². The molecule has 1 heterocycles. The van der Waals surface area contributed by atoms with Gasteiger partial charge in [0.25, 0.3) is 5.91 Å². The molecule has 2 aromatic carbocycles. The Hall–Kier alpha value is -3.48. The number of benzene rings is 2. The summed E-state index contributed by atoms with van der Waals surface area (Å²) in [6, 6.07) is 13.5. The van der Waals surface area contributed by atoms with Gasteiger partial charge >= 0.3 is 0 Å². The van der Waals surface area contributed by atoms with Crippen LogP contribution >= 0.6 is 0 Å². The number of aromatic nitrogens is 2. The molecule has 0 aliphatic carbocycles. The molecule has 6 nitrogen and oxygen atoms in total. The number of carbonyl (C=O) groups excluding carboxylic acids is 1. The smallest absolute Gasteiger partial charge is 0.275 e. The van der Waals surface area contributed by atoms with Crippen molar-refractivity contribution in [1.82, 2.24) is 9.97 Å². The standard InChI is InChI=1S/C20H19FN4O2/c1-27-17-7-2-4-14(10-17)8-9-22-19-13-23-18(12-24-19)20(26)25-16-6-3-5-15(21)11-16/h2-7,10-13H,8-9H2,1H3,(H,22,24)(H,25,26). The highest BCUT2D eigenvalue weighted by Gasteiger charge is 2.09. The number of nitrogens with one attached hydrogen (secondary N) is 2. The Labute approximate surface area is 156 Å². The number of amides is 1. The number of methoxy groups -OCH3 is 1. The fourth-order valence-corrected chi connectivity index (χ4v) is 2.46. The van der Waals surface area contributed by atoms with Gasteiger partial charge < -0.3 is 15.4 Å². The lowest BCUT2D eigenvalue weighted by molar-refractivity contribution is 0.102. The van der Waals surface area contributed by atoms with Crippen LogP contribution in [0.2, 0.25) is 0 Å². The lowest BCUT2D eigenvalue weighted by Gasteiger charge is -2.08. The monoisotopic (exact) mass is 366 g/mol. The highest BCUT2D eigenvalue weighted by molar-refractivity contribution is 6.02. The van der Waals surface area contributed by atoms with E-state index in [1.165, 1.54) is 30.6 Å².